The van der Waals surface area contributed by atoms with Gasteiger partial charge in [-0.1, -0.05) is 23.3 Å². The molecule has 78 valence electrons. The van der Waals surface area contributed by atoms with Gasteiger partial charge in [-0.25, -0.2) is 0 Å². The molecule has 0 saturated heterocycles. The topological polar surface area (TPSA) is 98.0 Å². The van der Waals surface area contributed by atoms with Crippen LogP contribution in [0.4, 0.5) is 0 Å². The van der Waals surface area contributed by atoms with E-state index in [0.29, 0.717) is 5.69 Å². The van der Waals surface area contributed by atoms with Gasteiger partial charge in [-0.15, -0.1) is 0 Å². The van der Waals surface area contributed by atoms with E-state index in [4.69, 9.17) is 4.55 Å². The standard InChI is InChI=1S/C7H6N4O3S/c12-15(13,14)7-8-9-10-11(7)6-4-2-1-3-5-6/h1-5H,(H,12,13,14). The fourth-order valence-corrected chi connectivity index (χ4v) is 1.57. The van der Waals surface area contributed by atoms with Crippen molar-refractivity contribution < 1.29 is 13.0 Å². The Balaban J connectivity index is 2.61. The molecule has 15 heavy (non-hydrogen) atoms. The third-order valence-electron chi connectivity index (χ3n) is 1.67. The van der Waals surface area contributed by atoms with Crippen molar-refractivity contribution in [2.45, 2.75) is 5.16 Å². The van der Waals surface area contributed by atoms with Gasteiger partial charge in [0.15, 0.2) is 0 Å². The number of benzene rings is 1. The van der Waals surface area contributed by atoms with E-state index in [9.17, 15) is 8.42 Å². The van der Waals surface area contributed by atoms with Crippen LogP contribution in [0.3, 0.4) is 0 Å². The smallest absolute Gasteiger partial charge is 0.279 e. The van der Waals surface area contributed by atoms with Crippen LogP contribution in [0.15, 0.2) is 35.5 Å². The minimum Gasteiger partial charge on any atom is -0.279 e. The Bertz CT molecular complexity index is 563. The summed E-state index contributed by atoms with van der Waals surface area (Å²) in [6.07, 6.45) is 0. The summed E-state index contributed by atoms with van der Waals surface area (Å²) in [7, 11) is -4.41. The van der Waals surface area contributed by atoms with E-state index in [1.807, 2.05) is 0 Å². The molecule has 2 aromatic rings. The Morgan fingerprint density at radius 1 is 1.20 bits per heavy atom. The number of rotatable bonds is 2. The molecule has 0 atom stereocenters. The number of hydrogen-bond acceptors (Lipinski definition) is 5. The highest BCUT2D eigenvalue weighted by Gasteiger charge is 2.20. The first-order valence-corrected chi connectivity index (χ1v) is 5.34. The zero-order valence-electron chi connectivity index (χ0n) is 7.35. The maximum absolute atomic E-state index is 10.9. The van der Waals surface area contributed by atoms with Crippen LogP contribution in [0.5, 0.6) is 0 Å². The molecule has 0 saturated carbocycles. The molecule has 0 unspecified atom stereocenters. The fraction of sp³-hybridized carbons (Fsp3) is 0. The van der Waals surface area contributed by atoms with Crippen LogP contribution in [-0.2, 0) is 10.1 Å². The van der Waals surface area contributed by atoms with Crippen LogP contribution >= 0.6 is 0 Å². The van der Waals surface area contributed by atoms with Gasteiger partial charge in [0.25, 0.3) is 5.16 Å². The second-order valence-electron chi connectivity index (χ2n) is 2.68. The van der Waals surface area contributed by atoms with Crippen molar-refractivity contribution >= 4 is 10.1 Å². The molecule has 2 rings (SSSR count). The molecular weight excluding hydrogens is 220 g/mol. The summed E-state index contributed by atoms with van der Waals surface area (Å²) in [5.74, 6) is 0. The molecule has 0 aliphatic rings. The molecule has 0 fully saturated rings. The van der Waals surface area contributed by atoms with E-state index in [1.165, 1.54) is 0 Å². The third kappa shape index (κ3) is 1.85. The average molecular weight is 226 g/mol. The average Bonchev–Trinajstić information content (AvgIpc) is 2.67. The second kappa shape index (κ2) is 3.41. The summed E-state index contributed by atoms with van der Waals surface area (Å²) in [5.41, 5.74) is 0.454. The first-order valence-electron chi connectivity index (χ1n) is 3.90. The van der Waals surface area contributed by atoms with Gasteiger partial charge in [-0.2, -0.15) is 13.1 Å². The van der Waals surface area contributed by atoms with Crippen molar-refractivity contribution in [2.24, 2.45) is 0 Å². The van der Waals surface area contributed by atoms with E-state index in [-0.39, 0.29) is 0 Å². The minimum absolute atomic E-state index is 0.454. The highest BCUT2D eigenvalue weighted by Crippen LogP contribution is 2.10. The lowest BCUT2D eigenvalue weighted by atomic mass is 10.3. The minimum atomic E-state index is -4.41. The quantitative estimate of drug-likeness (QED) is 0.718. The second-order valence-corrected chi connectivity index (χ2v) is 4.00. The molecule has 1 aromatic carbocycles. The summed E-state index contributed by atoms with van der Waals surface area (Å²) < 4.78 is 31.5. The van der Waals surface area contributed by atoms with Crippen molar-refractivity contribution in [1.82, 2.24) is 20.2 Å². The maximum Gasteiger partial charge on any atom is 0.332 e. The molecular formula is C7H6N4O3S. The van der Waals surface area contributed by atoms with Crippen LogP contribution in [0.25, 0.3) is 5.69 Å². The first kappa shape index (κ1) is 9.74. The monoisotopic (exact) mass is 226 g/mol. The van der Waals surface area contributed by atoms with Gasteiger partial charge in [-0.3, -0.25) is 4.55 Å². The molecule has 0 spiro atoms. The van der Waals surface area contributed by atoms with Crippen molar-refractivity contribution in [3.05, 3.63) is 30.3 Å². The van der Waals surface area contributed by atoms with E-state index >= 15 is 0 Å². The maximum atomic E-state index is 10.9. The van der Waals surface area contributed by atoms with E-state index in [0.717, 1.165) is 4.68 Å². The van der Waals surface area contributed by atoms with Gasteiger partial charge < -0.3 is 0 Å². The highest BCUT2D eigenvalue weighted by atomic mass is 32.2. The van der Waals surface area contributed by atoms with E-state index < -0.39 is 15.3 Å². The number of nitrogens with zero attached hydrogens (tertiary/aromatic N) is 4. The predicted molar refractivity (Wildman–Crippen MR) is 49.0 cm³/mol. The Morgan fingerprint density at radius 3 is 2.47 bits per heavy atom. The van der Waals surface area contributed by atoms with Gasteiger partial charge in [0, 0.05) is 0 Å². The lowest BCUT2D eigenvalue weighted by Gasteiger charge is -2.00. The molecule has 7 nitrogen and oxygen atoms in total. The van der Waals surface area contributed by atoms with Crippen molar-refractivity contribution in [2.75, 3.05) is 0 Å². The Labute approximate surface area is 85.1 Å². The van der Waals surface area contributed by atoms with Crippen molar-refractivity contribution in [1.29, 1.82) is 0 Å². The largest absolute Gasteiger partial charge is 0.332 e. The molecule has 8 heteroatoms. The summed E-state index contributed by atoms with van der Waals surface area (Å²) in [4.78, 5) is 0. The molecule has 0 aliphatic carbocycles. The zero-order chi connectivity index (χ0) is 10.9. The Hall–Kier alpha value is -1.80. The van der Waals surface area contributed by atoms with Gasteiger partial charge >= 0.3 is 10.1 Å². The first-order chi connectivity index (χ1) is 7.09. The summed E-state index contributed by atoms with van der Waals surface area (Å²) >= 11 is 0. The molecule has 1 aromatic heterocycles. The fourth-order valence-electron chi connectivity index (χ4n) is 1.07. The molecule has 0 aliphatic heterocycles. The van der Waals surface area contributed by atoms with Gasteiger partial charge in [0.1, 0.15) is 0 Å². The molecule has 0 amide bonds. The molecule has 0 radical (unpaired) electrons. The Kier molecular flexibility index (Phi) is 2.21. The van der Waals surface area contributed by atoms with Crippen LogP contribution in [0.1, 0.15) is 0 Å². The Morgan fingerprint density at radius 2 is 1.87 bits per heavy atom. The summed E-state index contributed by atoms with van der Waals surface area (Å²) in [5, 5.41) is 9.28. The van der Waals surface area contributed by atoms with Crippen molar-refractivity contribution in [3.63, 3.8) is 0 Å². The summed E-state index contributed by atoms with van der Waals surface area (Å²) in [6, 6.07) is 8.40. The SMILES string of the molecule is O=S(=O)(O)c1nnnn1-c1ccccc1. The molecule has 1 heterocycles. The lowest BCUT2D eigenvalue weighted by molar-refractivity contribution is 0.469. The zero-order valence-corrected chi connectivity index (χ0v) is 8.16. The van der Waals surface area contributed by atoms with E-state index in [1.54, 1.807) is 30.3 Å². The van der Waals surface area contributed by atoms with Crippen LogP contribution in [-0.4, -0.2) is 33.2 Å². The molecule has 1 N–H and O–H groups in total. The normalized spacial score (nSPS) is 11.5. The highest BCUT2D eigenvalue weighted by molar-refractivity contribution is 7.85. The lowest BCUT2D eigenvalue weighted by Crippen LogP contribution is -2.09. The number of hydrogen-bond donors (Lipinski definition) is 1. The van der Waals surface area contributed by atoms with Gasteiger partial charge in [0.05, 0.1) is 5.69 Å². The van der Waals surface area contributed by atoms with Gasteiger partial charge in [-0.05, 0) is 22.6 Å². The van der Waals surface area contributed by atoms with Crippen molar-refractivity contribution in [3.8, 4) is 5.69 Å². The van der Waals surface area contributed by atoms with E-state index in [2.05, 4.69) is 15.5 Å². The number of para-hydroxylation sites is 1. The van der Waals surface area contributed by atoms with Crippen LogP contribution < -0.4 is 0 Å². The molecule has 0 bridgehead atoms. The van der Waals surface area contributed by atoms with Crippen LogP contribution in [0.2, 0.25) is 0 Å². The summed E-state index contributed by atoms with van der Waals surface area (Å²) in [6.45, 7) is 0. The number of aromatic nitrogens is 4. The van der Waals surface area contributed by atoms with Gasteiger partial charge in [0.2, 0.25) is 0 Å². The number of tetrazole rings is 1. The third-order valence-corrected chi connectivity index (χ3v) is 2.39. The predicted octanol–water partition coefficient (Wildman–Crippen LogP) is -0.0910. The van der Waals surface area contributed by atoms with Crippen LogP contribution in [0, 0.1) is 0 Å².